The highest BCUT2D eigenvalue weighted by atomic mass is 15.0. The number of fused-ring (bicyclic) bond motifs is 5. The SMILES string of the molecule is CC1(C)c2ccccc2-c2nc(-c3cccc(-c4nc(-c5ccccc5)nc(-c5ccccc5)n4)c3)c3ccccc3c21. The number of benzene rings is 5. The molecule has 8 rings (SSSR count). The standard InChI is InChI=1S/C39H28N4/c1-39(2)32-23-12-11-22-31(32)35-33(39)29-20-9-10-21-30(29)34(40-35)27-18-13-19-28(24-27)38-42-36(25-14-5-3-6-15-25)41-37(43-38)26-16-7-4-8-17-26/h3-24H,1-2H3. The summed E-state index contributed by atoms with van der Waals surface area (Å²) in [6, 6.07) is 45.9. The fourth-order valence-electron chi connectivity index (χ4n) is 6.42. The second-order valence-electron chi connectivity index (χ2n) is 11.5. The van der Waals surface area contributed by atoms with Crippen molar-refractivity contribution in [3.63, 3.8) is 0 Å². The van der Waals surface area contributed by atoms with Crippen LogP contribution in [0.4, 0.5) is 0 Å². The van der Waals surface area contributed by atoms with Crippen LogP contribution < -0.4 is 0 Å². The van der Waals surface area contributed by atoms with E-state index in [1.165, 1.54) is 22.1 Å². The second-order valence-corrected chi connectivity index (χ2v) is 11.5. The van der Waals surface area contributed by atoms with Crippen LogP contribution in [-0.4, -0.2) is 19.9 Å². The first-order valence-corrected chi connectivity index (χ1v) is 14.6. The quantitative estimate of drug-likeness (QED) is 0.218. The fraction of sp³-hybridized carbons (Fsp3) is 0.0769. The van der Waals surface area contributed by atoms with E-state index in [4.69, 9.17) is 19.9 Å². The summed E-state index contributed by atoms with van der Waals surface area (Å²) in [5.41, 5.74) is 9.57. The van der Waals surface area contributed by atoms with Gasteiger partial charge in [0.25, 0.3) is 0 Å². The van der Waals surface area contributed by atoms with Crippen LogP contribution >= 0.6 is 0 Å². The average Bonchev–Trinajstić information content (AvgIpc) is 3.31. The maximum atomic E-state index is 5.40. The molecule has 43 heavy (non-hydrogen) atoms. The Hall–Kier alpha value is -5.48. The van der Waals surface area contributed by atoms with Gasteiger partial charge in [-0.3, -0.25) is 0 Å². The molecule has 5 aromatic carbocycles. The first-order valence-electron chi connectivity index (χ1n) is 14.6. The van der Waals surface area contributed by atoms with Crippen molar-refractivity contribution in [1.82, 2.24) is 19.9 Å². The Bertz CT molecular complexity index is 2090. The molecule has 4 heteroatoms. The van der Waals surface area contributed by atoms with Gasteiger partial charge in [-0.2, -0.15) is 0 Å². The molecule has 204 valence electrons. The summed E-state index contributed by atoms with van der Waals surface area (Å²) < 4.78 is 0. The molecular weight excluding hydrogens is 524 g/mol. The Labute approximate surface area is 250 Å². The summed E-state index contributed by atoms with van der Waals surface area (Å²) in [6.07, 6.45) is 0. The van der Waals surface area contributed by atoms with Gasteiger partial charge in [-0.15, -0.1) is 0 Å². The van der Waals surface area contributed by atoms with Crippen molar-refractivity contribution in [3.05, 3.63) is 145 Å². The minimum Gasteiger partial charge on any atom is -0.247 e. The van der Waals surface area contributed by atoms with Gasteiger partial charge in [0.15, 0.2) is 17.5 Å². The molecular formula is C39H28N4. The molecule has 0 N–H and O–H groups in total. The number of nitrogens with zero attached hydrogens (tertiary/aromatic N) is 4. The summed E-state index contributed by atoms with van der Waals surface area (Å²) in [4.78, 5) is 20.2. The lowest BCUT2D eigenvalue weighted by Gasteiger charge is -2.23. The molecule has 0 fully saturated rings. The molecule has 2 aromatic heterocycles. The van der Waals surface area contributed by atoms with Crippen LogP contribution in [0.1, 0.15) is 25.0 Å². The van der Waals surface area contributed by atoms with E-state index >= 15 is 0 Å². The Morgan fingerprint density at radius 3 is 1.60 bits per heavy atom. The van der Waals surface area contributed by atoms with Gasteiger partial charge in [0, 0.05) is 38.6 Å². The van der Waals surface area contributed by atoms with Crippen molar-refractivity contribution >= 4 is 10.8 Å². The van der Waals surface area contributed by atoms with Crippen molar-refractivity contribution in [2.75, 3.05) is 0 Å². The van der Waals surface area contributed by atoms with E-state index in [0.717, 1.165) is 39.0 Å². The molecule has 0 atom stereocenters. The van der Waals surface area contributed by atoms with E-state index in [-0.39, 0.29) is 5.41 Å². The van der Waals surface area contributed by atoms with E-state index in [2.05, 4.69) is 86.6 Å². The lowest BCUT2D eigenvalue weighted by atomic mass is 9.80. The van der Waals surface area contributed by atoms with Gasteiger partial charge in [0.2, 0.25) is 0 Å². The number of rotatable bonds is 4. The first kappa shape index (κ1) is 25.2. The molecule has 0 saturated carbocycles. The van der Waals surface area contributed by atoms with Crippen LogP contribution in [0.25, 0.3) is 67.5 Å². The van der Waals surface area contributed by atoms with Crippen LogP contribution in [0.3, 0.4) is 0 Å². The third kappa shape index (κ3) is 4.14. The molecule has 7 aromatic rings. The zero-order valence-corrected chi connectivity index (χ0v) is 24.0. The zero-order chi connectivity index (χ0) is 29.0. The number of pyridine rings is 1. The van der Waals surface area contributed by atoms with Crippen LogP contribution in [0.15, 0.2) is 133 Å². The van der Waals surface area contributed by atoms with Crippen LogP contribution in [0, 0.1) is 0 Å². The van der Waals surface area contributed by atoms with Crippen molar-refractivity contribution < 1.29 is 0 Å². The van der Waals surface area contributed by atoms with E-state index < -0.39 is 0 Å². The molecule has 2 heterocycles. The van der Waals surface area contributed by atoms with Crippen molar-refractivity contribution in [3.8, 4) is 56.7 Å². The van der Waals surface area contributed by atoms with Crippen molar-refractivity contribution in [1.29, 1.82) is 0 Å². The highest BCUT2D eigenvalue weighted by molar-refractivity contribution is 6.03. The van der Waals surface area contributed by atoms with Crippen LogP contribution in [-0.2, 0) is 5.41 Å². The van der Waals surface area contributed by atoms with Gasteiger partial charge in [0.1, 0.15) is 0 Å². The molecule has 0 amide bonds. The van der Waals surface area contributed by atoms with E-state index in [0.29, 0.717) is 17.5 Å². The molecule has 0 bridgehead atoms. The molecule has 0 unspecified atom stereocenters. The van der Waals surface area contributed by atoms with Crippen LogP contribution in [0.5, 0.6) is 0 Å². The molecule has 1 aliphatic carbocycles. The average molecular weight is 553 g/mol. The Kier molecular flexibility index (Phi) is 5.76. The summed E-state index contributed by atoms with van der Waals surface area (Å²) in [7, 11) is 0. The number of aromatic nitrogens is 4. The largest absolute Gasteiger partial charge is 0.247 e. The van der Waals surface area contributed by atoms with Gasteiger partial charge in [0.05, 0.1) is 11.4 Å². The Morgan fingerprint density at radius 1 is 0.419 bits per heavy atom. The van der Waals surface area contributed by atoms with Gasteiger partial charge in [-0.05, 0) is 22.6 Å². The summed E-state index contributed by atoms with van der Waals surface area (Å²) in [5.74, 6) is 1.93. The minimum atomic E-state index is -0.133. The van der Waals surface area contributed by atoms with Gasteiger partial charge < -0.3 is 0 Å². The van der Waals surface area contributed by atoms with Gasteiger partial charge >= 0.3 is 0 Å². The van der Waals surface area contributed by atoms with Gasteiger partial charge in [-0.1, -0.05) is 141 Å². The highest BCUT2D eigenvalue weighted by Gasteiger charge is 2.38. The van der Waals surface area contributed by atoms with Crippen molar-refractivity contribution in [2.45, 2.75) is 19.3 Å². The van der Waals surface area contributed by atoms with Crippen LogP contribution in [0.2, 0.25) is 0 Å². The van der Waals surface area contributed by atoms with E-state index in [1.54, 1.807) is 0 Å². The number of hydrogen-bond acceptors (Lipinski definition) is 4. The second kappa shape index (κ2) is 9.81. The molecule has 0 aliphatic heterocycles. The van der Waals surface area contributed by atoms with E-state index in [1.807, 2.05) is 60.7 Å². The minimum absolute atomic E-state index is 0.133. The van der Waals surface area contributed by atoms with Gasteiger partial charge in [-0.25, -0.2) is 19.9 Å². The smallest absolute Gasteiger partial charge is 0.164 e. The molecule has 1 aliphatic rings. The summed E-state index contributed by atoms with van der Waals surface area (Å²) in [5, 5.41) is 2.39. The lowest BCUT2D eigenvalue weighted by molar-refractivity contribution is 0.665. The maximum Gasteiger partial charge on any atom is 0.164 e. The molecule has 4 nitrogen and oxygen atoms in total. The van der Waals surface area contributed by atoms with E-state index in [9.17, 15) is 0 Å². The molecule has 0 radical (unpaired) electrons. The number of hydrogen-bond donors (Lipinski definition) is 0. The summed E-state index contributed by atoms with van der Waals surface area (Å²) in [6.45, 7) is 4.61. The first-order chi connectivity index (χ1) is 21.1. The Morgan fingerprint density at radius 2 is 0.930 bits per heavy atom. The maximum absolute atomic E-state index is 5.40. The fourth-order valence-corrected chi connectivity index (χ4v) is 6.42. The zero-order valence-electron chi connectivity index (χ0n) is 24.0. The predicted molar refractivity (Wildman–Crippen MR) is 174 cm³/mol. The molecule has 0 spiro atoms. The summed E-state index contributed by atoms with van der Waals surface area (Å²) >= 11 is 0. The Balaban J connectivity index is 1.33. The molecule has 0 saturated heterocycles. The lowest BCUT2D eigenvalue weighted by Crippen LogP contribution is -2.15. The van der Waals surface area contributed by atoms with Crippen molar-refractivity contribution in [2.24, 2.45) is 0 Å². The monoisotopic (exact) mass is 552 g/mol. The normalized spacial score (nSPS) is 13.1. The third-order valence-electron chi connectivity index (χ3n) is 8.49. The predicted octanol–water partition coefficient (Wildman–Crippen LogP) is 9.39. The highest BCUT2D eigenvalue weighted by Crippen LogP contribution is 2.51. The topological polar surface area (TPSA) is 51.6 Å². The third-order valence-corrected chi connectivity index (χ3v) is 8.49.